The molecule has 2 N–H and O–H groups in total. The Morgan fingerprint density at radius 2 is 1.70 bits per heavy atom. The van der Waals surface area contributed by atoms with Gasteiger partial charge in [-0.2, -0.15) is 0 Å². The maximum absolute atomic E-state index is 12.4. The summed E-state index contributed by atoms with van der Waals surface area (Å²) >= 11 is 5.88. The molecule has 2 aromatic rings. The highest BCUT2D eigenvalue weighted by Gasteiger charge is 2.26. The second kappa shape index (κ2) is 7.84. The molecule has 27 heavy (non-hydrogen) atoms. The Labute approximate surface area is 163 Å². The molecular formula is C18H22ClN3O4S. The van der Waals surface area contributed by atoms with E-state index < -0.39 is 20.5 Å². The molecule has 0 unspecified atom stereocenters. The average Bonchev–Trinajstić information content (AvgIpc) is 2.53. The monoisotopic (exact) mass is 411 g/mol. The molecule has 0 aromatic heterocycles. The van der Waals surface area contributed by atoms with Gasteiger partial charge in [0.25, 0.3) is 5.69 Å². The van der Waals surface area contributed by atoms with Crippen molar-refractivity contribution in [2.75, 3.05) is 5.32 Å². The molecule has 0 aliphatic rings. The van der Waals surface area contributed by atoms with Crippen molar-refractivity contribution in [3.05, 3.63) is 63.2 Å². The highest BCUT2D eigenvalue weighted by Crippen LogP contribution is 2.31. The van der Waals surface area contributed by atoms with Crippen LogP contribution in [0, 0.1) is 10.1 Å². The standard InChI is InChI=1S/C18H22ClN3O4S/c1-12(13-5-7-14(19)8-6-13)20-16-10-9-15(11-17(16)22(23)24)27(25,26)21-18(2,3)4/h5-12,20-21H,1-4H3/t12-/m0/s1. The normalized spacial score (nSPS) is 13.2. The van der Waals surface area contributed by atoms with Crippen molar-refractivity contribution in [1.82, 2.24) is 4.72 Å². The minimum atomic E-state index is -3.87. The summed E-state index contributed by atoms with van der Waals surface area (Å²) in [5.41, 5.74) is 0.109. The number of anilines is 1. The van der Waals surface area contributed by atoms with Crippen molar-refractivity contribution in [2.45, 2.75) is 44.2 Å². The van der Waals surface area contributed by atoms with E-state index in [1.807, 2.05) is 19.1 Å². The van der Waals surface area contributed by atoms with Gasteiger partial charge in [-0.05, 0) is 57.5 Å². The number of halogens is 1. The summed E-state index contributed by atoms with van der Waals surface area (Å²) in [4.78, 5) is 10.7. The first-order valence-electron chi connectivity index (χ1n) is 8.23. The summed E-state index contributed by atoms with van der Waals surface area (Å²) < 4.78 is 27.4. The van der Waals surface area contributed by atoms with E-state index in [1.54, 1.807) is 32.9 Å². The third-order valence-corrected chi connectivity index (χ3v) is 5.67. The van der Waals surface area contributed by atoms with Crippen molar-refractivity contribution >= 4 is 33.0 Å². The average molecular weight is 412 g/mol. The van der Waals surface area contributed by atoms with Crippen LogP contribution in [0.25, 0.3) is 0 Å². The molecule has 0 saturated carbocycles. The van der Waals surface area contributed by atoms with E-state index in [2.05, 4.69) is 10.0 Å². The molecule has 2 aromatic carbocycles. The van der Waals surface area contributed by atoms with E-state index in [1.165, 1.54) is 12.1 Å². The maximum atomic E-state index is 12.4. The zero-order chi connectivity index (χ0) is 20.4. The van der Waals surface area contributed by atoms with E-state index in [-0.39, 0.29) is 22.3 Å². The predicted octanol–water partition coefficient (Wildman–Crippen LogP) is 4.50. The molecule has 0 bridgehead atoms. The summed E-state index contributed by atoms with van der Waals surface area (Å²) in [7, 11) is -3.87. The number of nitrogens with one attached hydrogen (secondary N) is 2. The molecule has 0 saturated heterocycles. The first-order valence-corrected chi connectivity index (χ1v) is 10.1. The third-order valence-electron chi connectivity index (χ3n) is 3.66. The summed E-state index contributed by atoms with van der Waals surface area (Å²) in [6.07, 6.45) is 0. The maximum Gasteiger partial charge on any atom is 0.293 e. The number of hydrogen-bond donors (Lipinski definition) is 2. The van der Waals surface area contributed by atoms with Gasteiger partial charge in [0.05, 0.1) is 9.82 Å². The van der Waals surface area contributed by atoms with Gasteiger partial charge >= 0.3 is 0 Å². The number of rotatable bonds is 6. The molecule has 0 fully saturated rings. The SMILES string of the molecule is C[C@H](Nc1ccc(S(=O)(=O)NC(C)(C)C)cc1[N+](=O)[O-])c1ccc(Cl)cc1. The zero-order valence-corrected chi connectivity index (χ0v) is 17.1. The lowest BCUT2D eigenvalue weighted by Crippen LogP contribution is -2.40. The summed E-state index contributed by atoms with van der Waals surface area (Å²) in [5.74, 6) is 0. The topological polar surface area (TPSA) is 101 Å². The molecule has 9 heteroatoms. The van der Waals surface area contributed by atoms with Gasteiger partial charge in [-0.3, -0.25) is 10.1 Å². The molecule has 0 aliphatic heterocycles. The van der Waals surface area contributed by atoms with Crippen molar-refractivity contribution in [2.24, 2.45) is 0 Å². The molecule has 146 valence electrons. The second-order valence-electron chi connectivity index (χ2n) is 7.21. The van der Waals surface area contributed by atoms with Crippen LogP contribution in [-0.4, -0.2) is 18.9 Å². The van der Waals surface area contributed by atoms with Crippen LogP contribution in [0.3, 0.4) is 0 Å². The Bertz CT molecular complexity index is 938. The van der Waals surface area contributed by atoms with Crippen molar-refractivity contribution < 1.29 is 13.3 Å². The van der Waals surface area contributed by atoms with Gasteiger partial charge in [-0.1, -0.05) is 23.7 Å². The Morgan fingerprint density at radius 3 is 2.22 bits per heavy atom. The van der Waals surface area contributed by atoms with Crippen molar-refractivity contribution in [3.63, 3.8) is 0 Å². The van der Waals surface area contributed by atoms with Crippen LogP contribution in [0.1, 0.15) is 39.3 Å². The fourth-order valence-electron chi connectivity index (χ4n) is 2.48. The van der Waals surface area contributed by atoms with Crippen LogP contribution in [0.5, 0.6) is 0 Å². The predicted molar refractivity (Wildman–Crippen MR) is 107 cm³/mol. The molecule has 0 spiro atoms. The molecule has 2 rings (SSSR count). The molecule has 0 amide bonds. The van der Waals surface area contributed by atoms with Gasteiger partial charge in [0.15, 0.2) is 0 Å². The first kappa shape index (κ1) is 21.1. The Morgan fingerprint density at radius 1 is 1.11 bits per heavy atom. The zero-order valence-electron chi connectivity index (χ0n) is 15.5. The lowest BCUT2D eigenvalue weighted by atomic mass is 10.1. The van der Waals surface area contributed by atoms with E-state index >= 15 is 0 Å². The molecule has 0 radical (unpaired) electrons. The smallest absolute Gasteiger partial charge is 0.293 e. The van der Waals surface area contributed by atoms with Crippen LogP contribution in [0.15, 0.2) is 47.4 Å². The fraction of sp³-hybridized carbons (Fsp3) is 0.333. The van der Waals surface area contributed by atoms with Crippen LogP contribution in [0.2, 0.25) is 5.02 Å². The molecule has 7 nitrogen and oxygen atoms in total. The first-order chi connectivity index (χ1) is 12.4. The van der Waals surface area contributed by atoms with E-state index in [0.29, 0.717) is 5.02 Å². The number of hydrogen-bond acceptors (Lipinski definition) is 5. The molecule has 0 heterocycles. The quantitative estimate of drug-likeness (QED) is 0.538. The Balaban J connectivity index is 2.36. The summed E-state index contributed by atoms with van der Waals surface area (Å²) in [6.45, 7) is 6.94. The lowest BCUT2D eigenvalue weighted by molar-refractivity contribution is -0.384. The molecule has 1 atom stereocenters. The lowest BCUT2D eigenvalue weighted by Gasteiger charge is -2.21. The van der Waals surface area contributed by atoms with Crippen molar-refractivity contribution in [3.8, 4) is 0 Å². The van der Waals surface area contributed by atoms with Gasteiger partial charge in [-0.25, -0.2) is 13.1 Å². The molecule has 0 aliphatic carbocycles. The van der Waals surface area contributed by atoms with E-state index in [9.17, 15) is 18.5 Å². The van der Waals surface area contributed by atoms with Crippen LogP contribution in [-0.2, 0) is 10.0 Å². The van der Waals surface area contributed by atoms with Gasteiger partial charge < -0.3 is 5.32 Å². The van der Waals surface area contributed by atoms with Gasteiger partial charge in [0.1, 0.15) is 5.69 Å². The largest absolute Gasteiger partial charge is 0.373 e. The highest BCUT2D eigenvalue weighted by atomic mass is 35.5. The number of nitro benzene ring substituents is 1. The minimum Gasteiger partial charge on any atom is -0.373 e. The van der Waals surface area contributed by atoms with Crippen LogP contribution in [0.4, 0.5) is 11.4 Å². The van der Waals surface area contributed by atoms with Crippen molar-refractivity contribution in [1.29, 1.82) is 0 Å². The third kappa shape index (κ3) is 5.66. The van der Waals surface area contributed by atoms with Gasteiger partial charge in [0, 0.05) is 22.7 Å². The van der Waals surface area contributed by atoms with E-state index in [0.717, 1.165) is 11.6 Å². The van der Waals surface area contributed by atoms with E-state index in [4.69, 9.17) is 11.6 Å². The number of nitro groups is 1. The summed E-state index contributed by atoms with van der Waals surface area (Å²) in [6, 6.07) is 10.7. The highest BCUT2D eigenvalue weighted by molar-refractivity contribution is 7.89. The number of nitrogens with zero attached hydrogens (tertiary/aromatic N) is 1. The second-order valence-corrected chi connectivity index (χ2v) is 9.33. The fourth-order valence-corrected chi connectivity index (χ4v) is 4.05. The summed E-state index contributed by atoms with van der Waals surface area (Å²) in [5, 5.41) is 15.1. The van der Waals surface area contributed by atoms with Crippen LogP contribution >= 0.6 is 11.6 Å². The Hall–Kier alpha value is -2.16. The number of benzene rings is 2. The molecular weight excluding hydrogens is 390 g/mol. The van der Waals surface area contributed by atoms with Crippen LogP contribution < -0.4 is 10.0 Å². The minimum absolute atomic E-state index is 0.158. The number of sulfonamides is 1. The Kier molecular flexibility index (Phi) is 6.14. The van der Waals surface area contributed by atoms with Gasteiger partial charge in [-0.15, -0.1) is 0 Å². The van der Waals surface area contributed by atoms with Gasteiger partial charge in [0.2, 0.25) is 10.0 Å².